The van der Waals surface area contributed by atoms with Crippen LogP contribution in [0.1, 0.15) is 27.0 Å². The number of benzene rings is 3. The second-order valence-electron chi connectivity index (χ2n) is 7.95. The van der Waals surface area contributed by atoms with Gasteiger partial charge in [0, 0.05) is 24.3 Å². The molecule has 34 heavy (non-hydrogen) atoms. The van der Waals surface area contributed by atoms with Crippen LogP contribution in [-0.4, -0.2) is 25.1 Å². The third kappa shape index (κ3) is 3.09. The second-order valence-corrected chi connectivity index (χ2v) is 7.95. The molecule has 3 aromatic carbocycles. The molecule has 8 heteroatoms. The highest BCUT2D eigenvalue weighted by Crippen LogP contribution is 2.56. The van der Waals surface area contributed by atoms with E-state index in [0.717, 1.165) is 24.3 Å². The summed E-state index contributed by atoms with van der Waals surface area (Å²) >= 11 is 0. The molecule has 0 N–H and O–H groups in total. The molecule has 2 atom stereocenters. The zero-order valence-electron chi connectivity index (χ0n) is 17.9. The van der Waals surface area contributed by atoms with E-state index in [9.17, 15) is 22.4 Å². The van der Waals surface area contributed by atoms with Crippen molar-refractivity contribution in [2.75, 3.05) is 13.7 Å². The monoisotopic (exact) mass is 470 g/mol. The van der Waals surface area contributed by atoms with Gasteiger partial charge in [-0.05, 0) is 29.8 Å². The summed E-state index contributed by atoms with van der Waals surface area (Å²) in [5, 5.41) is 0. The summed E-state index contributed by atoms with van der Waals surface area (Å²) in [7, 11) is 1.21. The normalized spacial score (nSPS) is 24.0. The van der Waals surface area contributed by atoms with Crippen molar-refractivity contribution in [2.45, 2.75) is 17.6 Å². The van der Waals surface area contributed by atoms with Gasteiger partial charge in [-0.3, -0.25) is 4.79 Å². The summed E-state index contributed by atoms with van der Waals surface area (Å²) in [5.41, 5.74) is -2.02. The number of carbonyl (C=O) groups excluding carboxylic acids is 1. The molecule has 4 nitrogen and oxygen atoms in total. The van der Waals surface area contributed by atoms with Gasteiger partial charge in [-0.15, -0.1) is 0 Å². The highest BCUT2D eigenvalue weighted by atomic mass is 19.4. The predicted octanol–water partition coefficient (Wildman–Crippen LogP) is 5.77. The molecule has 0 bridgehead atoms. The Balaban J connectivity index is 1.83. The van der Waals surface area contributed by atoms with Crippen LogP contribution >= 0.6 is 0 Å². The van der Waals surface area contributed by atoms with Gasteiger partial charge in [-0.1, -0.05) is 48.5 Å². The third-order valence-corrected chi connectivity index (χ3v) is 6.13. The molecule has 0 saturated carbocycles. The van der Waals surface area contributed by atoms with E-state index in [1.54, 1.807) is 36.4 Å². The third-order valence-electron chi connectivity index (χ3n) is 6.13. The SMILES string of the molecule is CO[C@@]1(c2cccc(C(F)(F)F)c2)Oc2cc(F)ccc2C(=O)[C@@]12OCC=C2c1ccccc1. The average molecular weight is 470 g/mol. The minimum absolute atomic E-state index is 0.0140. The van der Waals surface area contributed by atoms with Crippen molar-refractivity contribution in [2.24, 2.45) is 0 Å². The van der Waals surface area contributed by atoms with Crippen LogP contribution in [0.3, 0.4) is 0 Å². The van der Waals surface area contributed by atoms with E-state index in [2.05, 4.69) is 0 Å². The first-order valence-electron chi connectivity index (χ1n) is 10.4. The van der Waals surface area contributed by atoms with Crippen molar-refractivity contribution in [1.29, 1.82) is 0 Å². The lowest BCUT2D eigenvalue weighted by atomic mass is 9.72. The van der Waals surface area contributed by atoms with Gasteiger partial charge in [0.05, 0.1) is 17.7 Å². The molecular weight excluding hydrogens is 452 g/mol. The van der Waals surface area contributed by atoms with Crippen molar-refractivity contribution in [3.05, 3.63) is 107 Å². The first-order valence-corrected chi connectivity index (χ1v) is 10.4. The van der Waals surface area contributed by atoms with Gasteiger partial charge in [0.2, 0.25) is 11.4 Å². The fourth-order valence-electron chi connectivity index (χ4n) is 4.67. The predicted molar refractivity (Wildman–Crippen MR) is 115 cm³/mol. The van der Waals surface area contributed by atoms with Crippen LogP contribution in [-0.2, 0) is 21.4 Å². The van der Waals surface area contributed by atoms with E-state index < -0.39 is 34.7 Å². The lowest BCUT2D eigenvalue weighted by Gasteiger charge is -2.49. The number of hydrogen-bond acceptors (Lipinski definition) is 4. The van der Waals surface area contributed by atoms with Crippen LogP contribution in [0.25, 0.3) is 5.57 Å². The van der Waals surface area contributed by atoms with Crippen LogP contribution in [0, 0.1) is 5.82 Å². The lowest BCUT2D eigenvalue weighted by Crippen LogP contribution is -2.64. The largest absolute Gasteiger partial charge is 0.453 e. The Morgan fingerprint density at radius 1 is 0.971 bits per heavy atom. The molecule has 0 unspecified atom stereocenters. The smallest absolute Gasteiger partial charge is 0.416 e. The van der Waals surface area contributed by atoms with Crippen molar-refractivity contribution >= 4 is 11.4 Å². The number of halogens is 4. The highest BCUT2D eigenvalue weighted by molar-refractivity contribution is 6.15. The molecule has 0 fully saturated rings. The second kappa shape index (κ2) is 7.78. The van der Waals surface area contributed by atoms with E-state index in [4.69, 9.17) is 14.2 Å². The Bertz CT molecular complexity index is 1300. The van der Waals surface area contributed by atoms with Gasteiger partial charge in [-0.2, -0.15) is 13.2 Å². The number of ketones is 1. The van der Waals surface area contributed by atoms with Crippen molar-refractivity contribution in [1.82, 2.24) is 0 Å². The summed E-state index contributed by atoms with van der Waals surface area (Å²) < 4.78 is 72.9. The molecule has 0 amide bonds. The standard InChI is InChI=1S/C26H18F4O4/c1-32-25(17-8-5-9-18(14-17)26(28,29)30)24(21(12-13-33-24)16-6-3-2-4-7-16)23(31)20-11-10-19(27)15-22(20)34-25/h2-12,14-15H,13H2,1H3/t24-,25+/m1/s1. The lowest BCUT2D eigenvalue weighted by molar-refractivity contribution is -0.254. The van der Waals surface area contributed by atoms with Crippen LogP contribution in [0.15, 0.2) is 78.9 Å². The first-order chi connectivity index (χ1) is 16.2. The number of alkyl halides is 3. The van der Waals surface area contributed by atoms with Crippen molar-refractivity contribution in [3.63, 3.8) is 0 Å². The molecule has 0 saturated heterocycles. The Hall–Kier alpha value is -3.49. The summed E-state index contributed by atoms with van der Waals surface area (Å²) in [5.74, 6) is -3.62. The highest BCUT2D eigenvalue weighted by Gasteiger charge is 2.68. The molecule has 2 heterocycles. The summed E-state index contributed by atoms with van der Waals surface area (Å²) in [6.45, 7) is -0.0140. The minimum Gasteiger partial charge on any atom is -0.453 e. The van der Waals surface area contributed by atoms with E-state index in [1.165, 1.54) is 25.3 Å². The van der Waals surface area contributed by atoms with Crippen molar-refractivity contribution < 1.29 is 36.6 Å². The van der Waals surface area contributed by atoms with E-state index >= 15 is 0 Å². The van der Waals surface area contributed by atoms with Crippen LogP contribution < -0.4 is 4.74 Å². The van der Waals surface area contributed by atoms with Gasteiger partial charge >= 0.3 is 6.18 Å². The molecule has 3 aromatic rings. The Morgan fingerprint density at radius 2 is 1.74 bits per heavy atom. The fraction of sp³-hybridized carbons (Fsp3) is 0.192. The quantitative estimate of drug-likeness (QED) is 0.456. The zero-order chi connectivity index (χ0) is 24.1. The van der Waals surface area contributed by atoms with Crippen molar-refractivity contribution in [3.8, 4) is 5.75 Å². The number of hydrogen-bond donors (Lipinski definition) is 0. The molecule has 5 rings (SSSR count). The molecule has 174 valence electrons. The summed E-state index contributed by atoms with van der Waals surface area (Å²) in [6, 6.07) is 16.5. The van der Waals surface area contributed by atoms with Crippen LogP contribution in [0.4, 0.5) is 17.6 Å². The maximum atomic E-state index is 14.1. The Labute approximate surface area is 192 Å². The average Bonchev–Trinajstić information content (AvgIpc) is 3.28. The first kappa shape index (κ1) is 22.3. The Morgan fingerprint density at radius 3 is 2.44 bits per heavy atom. The molecular formula is C26H18F4O4. The summed E-state index contributed by atoms with van der Waals surface area (Å²) in [4.78, 5) is 14.1. The van der Waals surface area contributed by atoms with Crippen LogP contribution in [0.2, 0.25) is 0 Å². The molecule has 0 radical (unpaired) electrons. The number of ether oxygens (including phenoxy) is 3. The van der Waals surface area contributed by atoms with E-state index in [1.807, 2.05) is 0 Å². The summed E-state index contributed by atoms with van der Waals surface area (Å²) in [6.07, 6.45) is -2.98. The molecule has 2 aliphatic heterocycles. The van der Waals surface area contributed by atoms with Gasteiger partial charge in [0.25, 0.3) is 5.79 Å². The minimum atomic E-state index is -4.66. The number of Topliss-reactive ketones (excluding diaryl/α,β-unsaturated/α-hetero) is 1. The fourth-order valence-corrected chi connectivity index (χ4v) is 4.67. The van der Waals surface area contributed by atoms with E-state index in [-0.39, 0.29) is 23.5 Å². The maximum absolute atomic E-state index is 14.1. The zero-order valence-corrected chi connectivity index (χ0v) is 17.9. The van der Waals surface area contributed by atoms with E-state index in [0.29, 0.717) is 11.1 Å². The number of carbonyl (C=O) groups is 1. The van der Waals surface area contributed by atoms with Gasteiger partial charge < -0.3 is 14.2 Å². The topological polar surface area (TPSA) is 44.8 Å². The number of fused-ring (bicyclic) bond motifs is 1. The molecule has 0 aromatic heterocycles. The Kier molecular flexibility index (Phi) is 5.11. The molecule has 2 aliphatic rings. The molecule has 0 aliphatic carbocycles. The number of rotatable bonds is 3. The van der Waals surface area contributed by atoms with Gasteiger partial charge in [0.15, 0.2) is 0 Å². The van der Waals surface area contributed by atoms with Gasteiger partial charge in [-0.25, -0.2) is 4.39 Å². The van der Waals surface area contributed by atoms with Crippen LogP contribution in [0.5, 0.6) is 5.75 Å². The molecule has 1 spiro atoms. The maximum Gasteiger partial charge on any atom is 0.416 e. The number of methoxy groups -OCH3 is 1. The van der Waals surface area contributed by atoms with Gasteiger partial charge in [0.1, 0.15) is 11.6 Å².